The van der Waals surface area contributed by atoms with Crippen molar-refractivity contribution in [3.8, 4) is 0 Å². The van der Waals surface area contributed by atoms with Gasteiger partial charge in [-0.2, -0.15) is 0 Å². The van der Waals surface area contributed by atoms with Gasteiger partial charge in [0.15, 0.2) is 5.13 Å². The molecule has 1 aromatic heterocycles. The number of hydrogen-bond donors (Lipinski definition) is 3. The SMILES string of the molecule is C=CCC(NC(=O)c1csc(N)n1)C(=O)O. The highest BCUT2D eigenvalue weighted by Crippen LogP contribution is 2.11. The van der Waals surface area contributed by atoms with Gasteiger partial charge in [-0.1, -0.05) is 6.08 Å². The van der Waals surface area contributed by atoms with Crippen molar-refractivity contribution in [1.29, 1.82) is 0 Å². The van der Waals surface area contributed by atoms with E-state index in [9.17, 15) is 9.59 Å². The number of rotatable bonds is 5. The molecule has 0 saturated carbocycles. The summed E-state index contributed by atoms with van der Waals surface area (Å²) in [5.41, 5.74) is 5.48. The second-order valence-electron chi connectivity index (χ2n) is 2.96. The van der Waals surface area contributed by atoms with E-state index in [0.717, 1.165) is 11.3 Å². The summed E-state index contributed by atoms with van der Waals surface area (Å²) in [7, 11) is 0. The van der Waals surface area contributed by atoms with Crippen molar-refractivity contribution in [2.45, 2.75) is 12.5 Å². The van der Waals surface area contributed by atoms with Gasteiger partial charge in [0.05, 0.1) is 0 Å². The minimum atomic E-state index is -1.11. The summed E-state index contributed by atoms with van der Waals surface area (Å²) < 4.78 is 0. The van der Waals surface area contributed by atoms with Crippen LogP contribution >= 0.6 is 11.3 Å². The summed E-state index contributed by atoms with van der Waals surface area (Å²) in [6, 6.07) is -0.993. The molecule has 0 radical (unpaired) electrons. The summed E-state index contributed by atoms with van der Waals surface area (Å²) >= 11 is 1.12. The number of nitrogen functional groups attached to an aromatic ring is 1. The van der Waals surface area contributed by atoms with E-state index in [4.69, 9.17) is 10.8 Å². The first-order valence-corrected chi connectivity index (χ1v) is 5.28. The smallest absolute Gasteiger partial charge is 0.326 e. The fourth-order valence-electron chi connectivity index (χ4n) is 1.01. The second-order valence-corrected chi connectivity index (χ2v) is 3.85. The first-order chi connectivity index (χ1) is 7.54. The second kappa shape index (κ2) is 5.26. The van der Waals surface area contributed by atoms with Gasteiger partial charge in [-0.05, 0) is 6.42 Å². The van der Waals surface area contributed by atoms with Crippen LogP contribution in [0.3, 0.4) is 0 Å². The van der Waals surface area contributed by atoms with Crippen molar-refractivity contribution in [2.24, 2.45) is 0 Å². The Bertz CT molecular complexity index is 416. The zero-order chi connectivity index (χ0) is 12.1. The lowest BCUT2D eigenvalue weighted by Gasteiger charge is -2.10. The lowest BCUT2D eigenvalue weighted by atomic mass is 10.2. The van der Waals surface area contributed by atoms with Crippen LogP contribution in [0.4, 0.5) is 5.13 Å². The Balaban J connectivity index is 2.68. The highest BCUT2D eigenvalue weighted by Gasteiger charge is 2.20. The number of thiazole rings is 1. The van der Waals surface area contributed by atoms with Crippen LogP contribution in [0, 0.1) is 0 Å². The number of aromatic nitrogens is 1. The number of hydrogen-bond acceptors (Lipinski definition) is 5. The highest BCUT2D eigenvalue weighted by molar-refractivity contribution is 7.13. The number of amides is 1. The Morgan fingerprint density at radius 1 is 1.75 bits per heavy atom. The molecule has 0 aliphatic heterocycles. The largest absolute Gasteiger partial charge is 0.480 e. The normalized spacial score (nSPS) is 11.8. The highest BCUT2D eigenvalue weighted by atomic mass is 32.1. The average molecular weight is 241 g/mol. The molecule has 1 amide bonds. The molecule has 0 fully saturated rings. The quantitative estimate of drug-likeness (QED) is 0.650. The van der Waals surface area contributed by atoms with E-state index < -0.39 is 17.9 Å². The van der Waals surface area contributed by atoms with E-state index in [2.05, 4.69) is 16.9 Å². The Labute approximate surface area is 95.8 Å². The van der Waals surface area contributed by atoms with E-state index in [1.807, 2.05) is 0 Å². The number of carbonyl (C=O) groups excluding carboxylic acids is 1. The third-order valence-electron chi connectivity index (χ3n) is 1.76. The number of nitrogens with one attached hydrogen (secondary N) is 1. The summed E-state index contributed by atoms with van der Waals surface area (Å²) in [6.07, 6.45) is 1.58. The molecule has 1 aromatic rings. The zero-order valence-electron chi connectivity index (χ0n) is 8.34. The van der Waals surface area contributed by atoms with E-state index >= 15 is 0 Å². The van der Waals surface area contributed by atoms with Gasteiger partial charge in [0, 0.05) is 5.38 Å². The molecule has 16 heavy (non-hydrogen) atoms. The molecule has 1 unspecified atom stereocenters. The van der Waals surface area contributed by atoms with Crippen molar-refractivity contribution < 1.29 is 14.7 Å². The van der Waals surface area contributed by atoms with Gasteiger partial charge in [-0.25, -0.2) is 9.78 Å². The molecule has 0 aliphatic carbocycles. The van der Waals surface area contributed by atoms with E-state index in [1.54, 1.807) is 0 Å². The molecule has 1 heterocycles. The van der Waals surface area contributed by atoms with Crippen molar-refractivity contribution in [2.75, 3.05) is 5.73 Å². The van der Waals surface area contributed by atoms with Crippen LogP contribution in [0.25, 0.3) is 0 Å². The van der Waals surface area contributed by atoms with Gasteiger partial charge < -0.3 is 16.2 Å². The molecule has 6 nitrogen and oxygen atoms in total. The minimum absolute atomic E-state index is 0.123. The number of anilines is 1. The molecule has 0 aromatic carbocycles. The number of nitrogens with two attached hydrogens (primary N) is 1. The molecular formula is C9H11N3O3S. The Hall–Kier alpha value is -1.89. The maximum Gasteiger partial charge on any atom is 0.326 e. The summed E-state index contributed by atoms with van der Waals surface area (Å²) in [5.74, 6) is -1.67. The molecule has 0 spiro atoms. The third kappa shape index (κ3) is 3.06. The van der Waals surface area contributed by atoms with Gasteiger partial charge in [0.1, 0.15) is 11.7 Å². The van der Waals surface area contributed by atoms with Crippen molar-refractivity contribution in [3.63, 3.8) is 0 Å². The van der Waals surface area contributed by atoms with Crippen molar-refractivity contribution in [3.05, 3.63) is 23.7 Å². The monoisotopic (exact) mass is 241 g/mol. The number of nitrogens with zero attached hydrogens (tertiary/aromatic N) is 1. The van der Waals surface area contributed by atoms with Gasteiger partial charge >= 0.3 is 5.97 Å². The molecule has 4 N–H and O–H groups in total. The van der Waals surface area contributed by atoms with Gasteiger partial charge in [0.25, 0.3) is 5.91 Å². The van der Waals surface area contributed by atoms with Gasteiger partial charge in [0.2, 0.25) is 0 Å². The molecule has 0 bridgehead atoms. The molecule has 7 heteroatoms. The third-order valence-corrected chi connectivity index (χ3v) is 2.43. The van der Waals surface area contributed by atoms with Gasteiger partial charge in [-0.15, -0.1) is 17.9 Å². The number of carboxylic acid groups (broad SMARTS) is 1. The Kier molecular flexibility index (Phi) is 4.01. The van der Waals surface area contributed by atoms with Crippen LogP contribution in [0.5, 0.6) is 0 Å². The topological polar surface area (TPSA) is 105 Å². The average Bonchev–Trinajstić information content (AvgIpc) is 2.64. The maximum atomic E-state index is 11.5. The van der Waals surface area contributed by atoms with Gasteiger partial charge in [-0.3, -0.25) is 4.79 Å². The number of carboxylic acids is 1. The number of carbonyl (C=O) groups is 2. The van der Waals surface area contributed by atoms with Crippen molar-refractivity contribution in [1.82, 2.24) is 10.3 Å². The fraction of sp³-hybridized carbons (Fsp3) is 0.222. The molecule has 0 saturated heterocycles. The summed E-state index contributed by atoms with van der Waals surface area (Å²) in [5, 5.41) is 12.9. The summed E-state index contributed by atoms with van der Waals surface area (Å²) in [6.45, 7) is 3.42. The maximum absolute atomic E-state index is 11.5. The first-order valence-electron chi connectivity index (χ1n) is 4.40. The van der Waals surface area contributed by atoms with Crippen molar-refractivity contribution >= 4 is 28.3 Å². The lowest BCUT2D eigenvalue weighted by molar-refractivity contribution is -0.139. The molecule has 0 aliphatic rings. The number of aliphatic carboxylic acids is 1. The molecule has 1 atom stereocenters. The van der Waals surface area contributed by atoms with E-state index in [0.29, 0.717) is 0 Å². The Morgan fingerprint density at radius 2 is 2.44 bits per heavy atom. The molecular weight excluding hydrogens is 230 g/mol. The van der Waals surface area contributed by atoms with Crippen LogP contribution in [0.15, 0.2) is 18.0 Å². The van der Waals surface area contributed by atoms with Crippen LogP contribution in [-0.4, -0.2) is 28.0 Å². The summed E-state index contributed by atoms with van der Waals surface area (Å²) in [4.78, 5) is 26.0. The zero-order valence-corrected chi connectivity index (χ0v) is 9.16. The van der Waals surface area contributed by atoms with Crippen LogP contribution in [-0.2, 0) is 4.79 Å². The standard InChI is InChI=1S/C9H11N3O3S/c1-2-3-5(8(14)15)11-7(13)6-4-16-9(10)12-6/h2,4-5H,1,3H2,(H2,10,12)(H,11,13)(H,14,15). The van der Waals surface area contributed by atoms with Crippen LogP contribution in [0.2, 0.25) is 0 Å². The van der Waals surface area contributed by atoms with E-state index in [1.165, 1.54) is 11.5 Å². The van der Waals surface area contributed by atoms with Crippen LogP contribution < -0.4 is 11.1 Å². The first kappa shape index (κ1) is 12.2. The Morgan fingerprint density at radius 3 is 2.88 bits per heavy atom. The molecule has 86 valence electrons. The minimum Gasteiger partial charge on any atom is -0.480 e. The lowest BCUT2D eigenvalue weighted by Crippen LogP contribution is -2.40. The van der Waals surface area contributed by atoms with E-state index in [-0.39, 0.29) is 17.2 Å². The molecule has 1 rings (SSSR count). The predicted octanol–water partition coefficient (Wildman–Crippen LogP) is 0.484. The predicted molar refractivity (Wildman–Crippen MR) is 60.2 cm³/mol. The fourth-order valence-corrected chi connectivity index (χ4v) is 1.56. The van der Waals surface area contributed by atoms with Crippen LogP contribution in [0.1, 0.15) is 16.9 Å².